The summed E-state index contributed by atoms with van der Waals surface area (Å²) in [5.41, 5.74) is 0.963. The predicted octanol–water partition coefficient (Wildman–Crippen LogP) is 6.05. The smallest absolute Gasteiger partial charge is 0.264 e. The topological polar surface area (TPSA) is 86.8 Å². The molecule has 40 heavy (non-hydrogen) atoms. The number of nitrogens with zero attached hydrogens (tertiary/aromatic N) is 2. The number of carbonyl (C=O) groups excluding carboxylic acids is 2. The first kappa shape index (κ1) is 29.9. The molecule has 2 amide bonds. The summed E-state index contributed by atoms with van der Waals surface area (Å²) < 4.78 is 28.6. The number of benzene rings is 3. The lowest BCUT2D eigenvalue weighted by Gasteiger charge is -2.33. The molecule has 0 spiro atoms. The molecule has 1 N–H and O–H groups in total. The summed E-state index contributed by atoms with van der Waals surface area (Å²) in [6.07, 6.45) is 5.06. The van der Waals surface area contributed by atoms with Crippen LogP contribution in [0.5, 0.6) is 0 Å². The Kier molecular flexibility index (Phi) is 10.1. The zero-order chi connectivity index (χ0) is 28.7. The van der Waals surface area contributed by atoms with E-state index in [2.05, 4.69) is 5.32 Å². The Morgan fingerprint density at radius 3 is 2.20 bits per heavy atom. The van der Waals surface area contributed by atoms with Crippen LogP contribution >= 0.6 is 23.2 Å². The van der Waals surface area contributed by atoms with Gasteiger partial charge in [-0.1, -0.05) is 78.9 Å². The predicted molar refractivity (Wildman–Crippen MR) is 159 cm³/mol. The standard InChI is InChI=1S/C30H33Cl2N3O4S/c1-22(30(37)33-26-13-4-2-5-14-26)34(20-23-10-8-11-24(31)18-23)29(36)21-35(27-15-9-12-25(32)19-27)40(38,39)28-16-6-3-7-17-28/h3,6-12,15-19,22,26H,2,4-5,13-14,20-21H2,1H3,(H,33,37)/t22-/m1/s1. The van der Waals surface area contributed by atoms with Crippen molar-refractivity contribution in [3.8, 4) is 0 Å². The molecule has 7 nitrogen and oxygen atoms in total. The van der Waals surface area contributed by atoms with Crippen molar-refractivity contribution in [3.63, 3.8) is 0 Å². The Balaban J connectivity index is 1.67. The minimum atomic E-state index is -4.14. The van der Waals surface area contributed by atoms with Crippen molar-refractivity contribution in [1.29, 1.82) is 0 Å². The van der Waals surface area contributed by atoms with E-state index in [-0.39, 0.29) is 29.1 Å². The molecule has 0 aromatic heterocycles. The van der Waals surface area contributed by atoms with Crippen LogP contribution in [-0.2, 0) is 26.2 Å². The second-order valence-electron chi connectivity index (χ2n) is 9.98. The molecule has 0 bridgehead atoms. The lowest BCUT2D eigenvalue weighted by Crippen LogP contribution is -2.53. The molecule has 212 valence electrons. The number of carbonyl (C=O) groups is 2. The molecular weight excluding hydrogens is 569 g/mol. The fraction of sp³-hybridized carbons (Fsp3) is 0.333. The average Bonchev–Trinajstić information content (AvgIpc) is 2.95. The Morgan fingerprint density at radius 2 is 1.55 bits per heavy atom. The number of halogens is 2. The van der Waals surface area contributed by atoms with Crippen LogP contribution in [0.1, 0.15) is 44.6 Å². The van der Waals surface area contributed by atoms with E-state index in [0.29, 0.717) is 10.0 Å². The Hall–Kier alpha value is -3.07. The molecule has 1 atom stereocenters. The summed E-state index contributed by atoms with van der Waals surface area (Å²) in [6, 6.07) is 20.5. The third-order valence-corrected chi connectivity index (χ3v) is 9.33. The number of rotatable bonds is 10. The van der Waals surface area contributed by atoms with Gasteiger partial charge in [-0.2, -0.15) is 0 Å². The van der Waals surface area contributed by atoms with Gasteiger partial charge in [-0.05, 0) is 67.8 Å². The van der Waals surface area contributed by atoms with Crippen molar-refractivity contribution in [1.82, 2.24) is 10.2 Å². The molecular formula is C30H33Cl2N3O4S. The van der Waals surface area contributed by atoms with E-state index in [1.807, 2.05) is 6.07 Å². The highest BCUT2D eigenvalue weighted by Crippen LogP contribution is 2.27. The Morgan fingerprint density at radius 1 is 0.900 bits per heavy atom. The first-order chi connectivity index (χ1) is 19.1. The van der Waals surface area contributed by atoms with Crippen LogP contribution in [0.3, 0.4) is 0 Å². The van der Waals surface area contributed by atoms with Gasteiger partial charge in [-0.25, -0.2) is 8.42 Å². The van der Waals surface area contributed by atoms with Gasteiger partial charge in [-0.3, -0.25) is 13.9 Å². The Labute approximate surface area is 246 Å². The van der Waals surface area contributed by atoms with Crippen molar-refractivity contribution >= 4 is 50.7 Å². The Bertz CT molecular complexity index is 1430. The first-order valence-electron chi connectivity index (χ1n) is 13.3. The van der Waals surface area contributed by atoms with Gasteiger partial charge < -0.3 is 10.2 Å². The molecule has 0 unspecified atom stereocenters. The summed E-state index contributed by atoms with van der Waals surface area (Å²) in [6.45, 7) is 1.21. The number of hydrogen-bond donors (Lipinski definition) is 1. The maximum absolute atomic E-state index is 14.0. The van der Waals surface area contributed by atoms with Crippen LogP contribution in [0.2, 0.25) is 10.0 Å². The molecule has 1 aliphatic rings. The maximum atomic E-state index is 14.0. The maximum Gasteiger partial charge on any atom is 0.264 e. The van der Waals surface area contributed by atoms with Crippen LogP contribution < -0.4 is 9.62 Å². The van der Waals surface area contributed by atoms with E-state index in [9.17, 15) is 18.0 Å². The zero-order valence-corrected chi connectivity index (χ0v) is 24.6. The van der Waals surface area contributed by atoms with Gasteiger partial charge in [0, 0.05) is 22.6 Å². The summed E-state index contributed by atoms with van der Waals surface area (Å²) in [5, 5.41) is 3.92. The highest BCUT2D eigenvalue weighted by molar-refractivity contribution is 7.92. The zero-order valence-electron chi connectivity index (χ0n) is 22.3. The van der Waals surface area contributed by atoms with E-state index in [4.69, 9.17) is 23.2 Å². The normalized spacial score (nSPS) is 14.8. The van der Waals surface area contributed by atoms with Gasteiger partial charge in [0.25, 0.3) is 10.0 Å². The molecule has 1 aliphatic carbocycles. The second-order valence-corrected chi connectivity index (χ2v) is 12.7. The summed E-state index contributed by atoms with van der Waals surface area (Å²) in [5.74, 6) is -0.812. The molecule has 3 aromatic carbocycles. The number of sulfonamides is 1. The van der Waals surface area contributed by atoms with E-state index in [1.165, 1.54) is 23.1 Å². The number of amides is 2. The lowest BCUT2D eigenvalue weighted by molar-refractivity contribution is -0.139. The lowest BCUT2D eigenvalue weighted by atomic mass is 9.95. The molecule has 0 saturated heterocycles. The highest BCUT2D eigenvalue weighted by Gasteiger charge is 2.33. The van der Waals surface area contributed by atoms with Crippen LogP contribution in [0.15, 0.2) is 83.8 Å². The fourth-order valence-electron chi connectivity index (χ4n) is 4.86. The van der Waals surface area contributed by atoms with Crippen molar-refractivity contribution in [2.45, 2.75) is 62.6 Å². The average molecular weight is 603 g/mol. The van der Waals surface area contributed by atoms with Gasteiger partial charge in [0.05, 0.1) is 10.6 Å². The van der Waals surface area contributed by atoms with Gasteiger partial charge in [0.15, 0.2) is 0 Å². The fourth-order valence-corrected chi connectivity index (χ4v) is 6.69. The van der Waals surface area contributed by atoms with Crippen LogP contribution in [0.25, 0.3) is 0 Å². The van der Waals surface area contributed by atoms with Gasteiger partial charge >= 0.3 is 0 Å². The van der Waals surface area contributed by atoms with E-state index in [0.717, 1.165) is 42.0 Å². The molecule has 0 aliphatic heterocycles. The van der Waals surface area contributed by atoms with Crippen molar-refractivity contribution in [2.75, 3.05) is 10.8 Å². The van der Waals surface area contributed by atoms with Crippen LogP contribution in [0, 0.1) is 0 Å². The van der Waals surface area contributed by atoms with E-state index < -0.39 is 28.5 Å². The van der Waals surface area contributed by atoms with Gasteiger partial charge in [0.2, 0.25) is 11.8 Å². The van der Waals surface area contributed by atoms with E-state index in [1.54, 1.807) is 61.5 Å². The van der Waals surface area contributed by atoms with Gasteiger partial charge in [-0.15, -0.1) is 0 Å². The molecule has 4 rings (SSSR count). The van der Waals surface area contributed by atoms with E-state index >= 15 is 0 Å². The molecule has 0 heterocycles. The van der Waals surface area contributed by atoms with Crippen LogP contribution in [-0.4, -0.2) is 43.8 Å². The molecule has 10 heteroatoms. The van der Waals surface area contributed by atoms with Crippen LogP contribution in [0.4, 0.5) is 5.69 Å². The SMILES string of the molecule is C[C@H](C(=O)NC1CCCCC1)N(Cc1cccc(Cl)c1)C(=O)CN(c1cccc(Cl)c1)S(=O)(=O)c1ccccc1. The molecule has 1 fully saturated rings. The number of nitrogens with one attached hydrogen (secondary N) is 1. The third kappa shape index (κ3) is 7.56. The minimum Gasteiger partial charge on any atom is -0.352 e. The monoisotopic (exact) mass is 601 g/mol. The number of hydrogen-bond acceptors (Lipinski definition) is 4. The largest absolute Gasteiger partial charge is 0.352 e. The van der Waals surface area contributed by atoms with Gasteiger partial charge in [0.1, 0.15) is 12.6 Å². The number of anilines is 1. The highest BCUT2D eigenvalue weighted by atomic mass is 35.5. The summed E-state index contributed by atoms with van der Waals surface area (Å²) >= 11 is 12.4. The van der Waals surface area contributed by atoms with Crippen molar-refractivity contribution in [3.05, 3.63) is 94.5 Å². The second kappa shape index (κ2) is 13.5. The minimum absolute atomic E-state index is 0.0345. The van der Waals surface area contributed by atoms with Crippen molar-refractivity contribution in [2.24, 2.45) is 0 Å². The van der Waals surface area contributed by atoms with Crippen molar-refractivity contribution < 1.29 is 18.0 Å². The molecule has 3 aromatic rings. The first-order valence-corrected chi connectivity index (χ1v) is 15.5. The molecule has 1 saturated carbocycles. The molecule has 0 radical (unpaired) electrons. The quantitative estimate of drug-likeness (QED) is 0.306. The summed E-state index contributed by atoms with van der Waals surface area (Å²) in [7, 11) is -4.14. The third-order valence-electron chi connectivity index (χ3n) is 7.07. The summed E-state index contributed by atoms with van der Waals surface area (Å²) in [4.78, 5) is 28.8.